The topological polar surface area (TPSA) is 86.6 Å². The minimum absolute atomic E-state index is 0.559. The van der Waals surface area contributed by atoms with Crippen LogP contribution in [-0.2, 0) is 9.59 Å². The second-order valence-electron chi connectivity index (χ2n) is 4.26. The highest BCUT2D eigenvalue weighted by atomic mass is 16.4. The number of nitrogens with one attached hydrogen (secondary N) is 1. The van der Waals surface area contributed by atoms with Gasteiger partial charge < -0.3 is 15.5 Å². The predicted molar refractivity (Wildman–Crippen MR) is 71.5 cm³/mol. The van der Waals surface area contributed by atoms with Crippen LogP contribution in [0.3, 0.4) is 0 Å². The van der Waals surface area contributed by atoms with E-state index < -0.39 is 24.0 Å². The van der Waals surface area contributed by atoms with Crippen LogP contribution in [0.15, 0.2) is 30.3 Å². The number of aliphatic hydroxyl groups excluding tert-OH is 1. The highest BCUT2D eigenvalue weighted by Crippen LogP contribution is 2.08. The molecule has 3 N–H and O–H groups in total. The molecule has 0 fully saturated rings. The maximum Gasteiger partial charge on any atom is 0.328 e. The molecule has 0 saturated heterocycles. The van der Waals surface area contributed by atoms with Crippen LogP contribution in [0.25, 0.3) is 6.08 Å². The lowest BCUT2D eigenvalue weighted by Crippen LogP contribution is -2.47. The standard InChI is InChI=1S/C14H17NO4/c1-9-5-3-4-6-11(9)7-8-12(17)15-13(10(2)16)14(18)19/h3-8,10,13,16H,1-2H3,(H,15,17)(H,18,19)/b8-7+. The molecule has 2 unspecified atom stereocenters. The van der Waals surface area contributed by atoms with Crippen LogP contribution >= 0.6 is 0 Å². The Morgan fingerprint density at radius 1 is 1.32 bits per heavy atom. The van der Waals surface area contributed by atoms with Crippen molar-refractivity contribution < 1.29 is 19.8 Å². The third-order valence-corrected chi connectivity index (χ3v) is 2.65. The van der Waals surface area contributed by atoms with Crippen LogP contribution in [0.5, 0.6) is 0 Å². The van der Waals surface area contributed by atoms with Gasteiger partial charge in [-0.3, -0.25) is 4.79 Å². The van der Waals surface area contributed by atoms with Gasteiger partial charge in [-0.2, -0.15) is 0 Å². The van der Waals surface area contributed by atoms with Crippen LogP contribution in [0.1, 0.15) is 18.1 Å². The number of rotatable bonds is 5. The lowest BCUT2D eigenvalue weighted by molar-refractivity contribution is -0.144. The number of benzene rings is 1. The molecule has 1 amide bonds. The Bertz CT molecular complexity index is 494. The van der Waals surface area contributed by atoms with E-state index in [9.17, 15) is 14.7 Å². The summed E-state index contributed by atoms with van der Waals surface area (Å²) < 4.78 is 0. The van der Waals surface area contributed by atoms with Gasteiger partial charge in [-0.1, -0.05) is 24.3 Å². The lowest BCUT2D eigenvalue weighted by atomic mass is 10.1. The first-order valence-corrected chi connectivity index (χ1v) is 5.87. The van der Waals surface area contributed by atoms with Gasteiger partial charge in [0, 0.05) is 6.08 Å². The maximum absolute atomic E-state index is 11.6. The molecule has 0 bridgehead atoms. The zero-order valence-electron chi connectivity index (χ0n) is 10.8. The molecular weight excluding hydrogens is 246 g/mol. The first-order valence-electron chi connectivity index (χ1n) is 5.87. The molecule has 5 nitrogen and oxygen atoms in total. The van der Waals surface area contributed by atoms with E-state index in [1.165, 1.54) is 13.0 Å². The molecule has 5 heteroatoms. The molecule has 0 aliphatic heterocycles. The summed E-state index contributed by atoms with van der Waals surface area (Å²) in [5, 5.41) is 20.3. The third kappa shape index (κ3) is 4.56. The SMILES string of the molecule is Cc1ccccc1/C=C/C(=O)NC(C(=O)O)C(C)O. The normalized spacial score (nSPS) is 14.1. The fourth-order valence-electron chi connectivity index (χ4n) is 1.53. The Morgan fingerprint density at radius 2 is 1.95 bits per heavy atom. The van der Waals surface area contributed by atoms with Crippen LogP contribution in [-0.4, -0.2) is 34.2 Å². The van der Waals surface area contributed by atoms with E-state index in [0.29, 0.717) is 0 Å². The first-order chi connectivity index (χ1) is 8.91. The van der Waals surface area contributed by atoms with Gasteiger partial charge in [0.2, 0.25) is 5.91 Å². The van der Waals surface area contributed by atoms with E-state index in [4.69, 9.17) is 5.11 Å². The van der Waals surface area contributed by atoms with E-state index >= 15 is 0 Å². The molecule has 0 radical (unpaired) electrons. The quantitative estimate of drug-likeness (QED) is 0.690. The van der Waals surface area contributed by atoms with Crippen molar-refractivity contribution >= 4 is 18.0 Å². The third-order valence-electron chi connectivity index (χ3n) is 2.65. The second kappa shape index (κ2) is 6.70. The fraction of sp³-hybridized carbons (Fsp3) is 0.286. The van der Waals surface area contributed by atoms with Crippen LogP contribution in [0.4, 0.5) is 0 Å². The van der Waals surface area contributed by atoms with Crippen molar-refractivity contribution in [3.63, 3.8) is 0 Å². The summed E-state index contributed by atoms with van der Waals surface area (Å²) in [4.78, 5) is 22.4. The zero-order valence-corrected chi connectivity index (χ0v) is 10.8. The molecule has 2 atom stereocenters. The van der Waals surface area contributed by atoms with Crippen LogP contribution in [0.2, 0.25) is 0 Å². The van der Waals surface area contributed by atoms with Crippen molar-refractivity contribution in [3.8, 4) is 0 Å². The Labute approximate surface area is 111 Å². The van der Waals surface area contributed by atoms with Gasteiger partial charge in [0.05, 0.1) is 6.10 Å². The summed E-state index contributed by atoms with van der Waals surface area (Å²) >= 11 is 0. The highest BCUT2D eigenvalue weighted by Gasteiger charge is 2.23. The predicted octanol–water partition coefficient (Wildman–Crippen LogP) is 0.958. The Hall–Kier alpha value is -2.14. The summed E-state index contributed by atoms with van der Waals surface area (Å²) in [6.07, 6.45) is 1.69. The van der Waals surface area contributed by atoms with Crippen LogP contribution < -0.4 is 5.32 Å². The summed E-state index contributed by atoms with van der Waals surface area (Å²) in [6, 6.07) is 6.19. The van der Waals surface area contributed by atoms with E-state index in [0.717, 1.165) is 11.1 Å². The Balaban J connectivity index is 2.70. The minimum atomic E-state index is -1.31. The molecule has 0 spiro atoms. The maximum atomic E-state index is 11.6. The Kier molecular flexibility index (Phi) is 5.26. The van der Waals surface area contributed by atoms with Gasteiger partial charge in [0.25, 0.3) is 0 Å². The van der Waals surface area contributed by atoms with E-state index in [1.807, 2.05) is 31.2 Å². The first kappa shape index (κ1) is 14.9. The van der Waals surface area contributed by atoms with E-state index in [1.54, 1.807) is 6.08 Å². The van der Waals surface area contributed by atoms with Crippen molar-refractivity contribution in [1.82, 2.24) is 5.32 Å². The van der Waals surface area contributed by atoms with Crippen molar-refractivity contribution in [1.29, 1.82) is 0 Å². The number of hydrogen-bond acceptors (Lipinski definition) is 3. The number of carbonyl (C=O) groups is 2. The van der Waals surface area contributed by atoms with Gasteiger partial charge in [0.1, 0.15) is 0 Å². The lowest BCUT2D eigenvalue weighted by Gasteiger charge is -2.15. The van der Waals surface area contributed by atoms with Crippen LogP contribution in [0, 0.1) is 6.92 Å². The number of hydrogen-bond donors (Lipinski definition) is 3. The molecular formula is C14H17NO4. The van der Waals surface area contributed by atoms with Gasteiger partial charge in [0.15, 0.2) is 6.04 Å². The molecule has 0 saturated carbocycles. The van der Waals surface area contributed by atoms with Crippen molar-refractivity contribution in [2.24, 2.45) is 0 Å². The van der Waals surface area contributed by atoms with Gasteiger partial charge in [-0.15, -0.1) is 0 Å². The minimum Gasteiger partial charge on any atom is -0.480 e. The number of amides is 1. The average Bonchev–Trinajstić information content (AvgIpc) is 2.34. The molecule has 1 aromatic rings. The molecule has 0 aromatic heterocycles. The number of aryl methyl sites for hydroxylation is 1. The van der Waals surface area contributed by atoms with Crippen molar-refractivity contribution in [3.05, 3.63) is 41.5 Å². The smallest absolute Gasteiger partial charge is 0.328 e. The number of aliphatic hydroxyl groups is 1. The average molecular weight is 263 g/mol. The molecule has 0 aliphatic carbocycles. The zero-order chi connectivity index (χ0) is 14.4. The van der Waals surface area contributed by atoms with Gasteiger partial charge in [-0.25, -0.2) is 4.79 Å². The summed E-state index contributed by atoms with van der Waals surface area (Å²) in [7, 11) is 0. The number of aliphatic carboxylic acids is 1. The molecule has 1 aromatic carbocycles. The monoisotopic (exact) mass is 263 g/mol. The van der Waals surface area contributed by atoms with Gasteiger partial charge in [-0.05, 0) is 31.1 Å². The molecule has 1 rings (SSSR count). The number of carbonyl (C=O) groups excluding carboxylic acids is 1. The Morgan fingerprint density at radius 3 is 2.47 bits per heavy atom. The highest BCUT2D eigenvalue weighted by molar-refractivity contribution is 5.94. The van der Waals surface area contributed by atoms with Crippen molar-refractivity contribution in [2.75, 3.05) is 0 Å². The number of carboxylic acids is 1. The van der Waals surface area contributed by atoms with Gasteiger partial charge >= 0.3 is 5.97 Å². The molecule has 102 valence electrons. The summed E-state index contributed by atoms with van der Waals surface area (Å²) in [5.41, 5.74) is 1.89. The largest absolute Gasteiger partial charge is 0.480 e. The van der Waals surface area contributed by atoms with Crippen molar-refractivity contribution in [2.45, 2.75) is 26.0 Å². The summed E-state index contributed by atoms with van der Waals surface area (Å²) in [5.74, 6) is -1.83. The number of carboxylic acid groups (broad SMARTS) is 1. The fourth-order valence-corrected chi connectivity index (χ4v) is 1.53. The van der Waals surface area contributed by atoms with E-state index in [2.05, 4.69) is 5.32 Å². The second-order valence-corrected chi connectivity index (χ2v) is 4.26. The summed E-state index contributed by atoms with van der Waals surface area (Å²) in [6.45, 7) is 3.22. The molecule has 0 heterocycles. The molecule has 19 heavy (non-hydrogen) atoms. The molecule has 0 aliphatic rings. The van der Waals surface area contributed by atoms with E-state index in [-0.39, 0.29) is 0 Å².